The predicted octanol–water partition coefficient (Wildman–Crippen LogP) is 16.5. The zero-order chi connectivity index (χ0) is 49.2. The van der Waals surface area contributed by atoms with Gasteiger partial charge in [0.05, 0.1) is 34.4 Å². The monoisotopic (exact) mass is 941 g/mol. The number of hydrogen-bond acceptors (Lipinski definition) is 6. The van der Waals surface area contributed by atoms with E-state index in [0.717, 1.165) is 77.0 Å². The Morgan fingerprint density at radius 3 is 1.24 bits per heavy atom. The minimum atomic E-state index is -0.880. The maximum absolute atomic E-state index is 12.8. The lowest BCUT2D eigenvalue weighted by Crippen LogP contribution is -2.50. The number of likely N-dealkylation sites (N-methyl/N-ethyl adjacent to an activating group) is 1. The van der Waals surface area contributed by atoms with Gasteiger partial charge in [0.15, 0.2) is 12.1 Å². The van der Waals surface area contributed by atoms with E-state index < -0.39 is 18.1 Å². The highest BCUT2D eigenvalue weighted by molar-refractivity contribution is 5.72. The molecular weight excluding hydrogens is 835 g/mol. The van der Waals surface area contributed by atoms with Crippen LogP contribution in [0.3, 0.4) is 0 Å². The number of ether oxygens (including phenoxy) is 3. The highest BCUT2D eigenvalue weighted by Gasteiger charge is 2.31. The fourth-order valence-electron chi connectivity index (χ4n) is 8.18. The third-order valence-corrected chi connectivity index (χ3v) is 12.4. The van der Waals surface area contributed by atoms with E-state index in [-0.39, 0.29) is 42.7 Å². The first kappa shape index (κ1) is 64.0. The average Bonchev–Trinajstić information content (AvgIpc) is 3.29. The number of rotatable bonds is 50. The number of nitrogens with zero attached hydrogens (tertiary/aromatic N) is 1. The maximum Gasteiger partial charge on any atom is 0.362 e. The lowest BCUT2D eigenvalue weighted by molar-refractivity contribution is -0.887. The summed E-state index contributed by atoms with van der Waals surface area (Å²) in [7, 11) is 5.53. The van der Waals surface area contributed by atoms with Crippen LogP contribution in [-0.4, -0.2) is 80.6 Å². The number of allylic oxidation sites excluding steroid dienone is 10. The molecule has 0 saturated carbocycles. The molecule has 0 bridgehead atoms. The number of carboxylic acids is 1. The molecule has 0 aliphatic heterocycles. The fraction of sp³-hybridized carbons (Fsp3) is 0.780. The Morgan fingerprint density at radius 1 is 0.463 bits per heavy atom. The predicted molar refractivity (Wildman–Crippen MR) is 284 cm³/mol. The van der Waals surface area contributed by atoms with Crippen molar-refractivity contribution in [1.29, 1.82) is 0 Å². The zero-order valence-corrected chi connectivity index (χ0v) is 44.3. The summed E-state index contributed by atoms with van der Waals surface area (Å²) in [4.78, 5) is 37.2. The molecule has 0 heterocycles. The molecule has 0 saturated heterocycles. The van der Waals surface area contributed by atoms with Crippen molar-refractivity contribution in [1.82, 2.24) is 0 Å². The van der Waals surface area contributed by atoms with Crippen LogP contribution in [0.4, 0.5) is 0 Å². The quantitative estimate of drug-likeness (QED) is 0.0281. The SMILES string of the molecule is CC/C=C\C/C=C\C/C=C\C/C=C\C/C=C\CCCCCC(=O)OC(COCCC(C(=O)O)[N+](C)(C)C)COC(=O)CCCCCCCCCCCCCCCCCCCCCCCCCC. The van der Waals surface area contributed by atoms with E-state index in [9.17, 15) is 19.5 Å². The van der Waals surface area contributed by atoms with E-state index in [1.165, 1.54) is 135 Å². The zero-order valence-electron chi connectivity index (χ0n) is 44.3. The van der Waals surface area contributed by atoms with Crippen LogP contribution in [0.1, 0.15) is 245 Å². The molecule has 0 radical (unpaired) electrons. The first-order valence-corrected chi connectivity index (χ1v) is 27.8. The van der Waals surface area contributed by atoms with Crippen LogP contribution in [0.25, 0.3) is 0 Å². The van der Waals surface area contributed by atoms with E-state index in [4.69, 9.17) is 14.2 Å². The number of aliphatic carboxylic acids is 1. The van der Waals surface area contributed by atoms with Gasteiger partial charge in [-0.05, 0) is 57.8 Å². The van der Waals surface area contributed by atoms with Gasteiger partial charge in [0, 0.05) is 19.3 Å². The van der Waals surface area contributed by atoms with Gasteiger partial charge in [0.1, 0.15) is 6.61 Å². The van der Waals surface area contributed by atoms with Gasteiger partial charge in [0.25, 0.3) is 0 Å². The Hall–Kier alpha value is -2.97. The third kappa shape index (κ3) is 47.9. The normalized spacial score (nSPS) is 13.3. The van der Waals surface area contributed by atoms with Crippen molar-refractivity contribution >= 4 is 17.9 Å². The molecule has 0 aliphatic carbocycles. The first-order chi connectivity index (χ1) is 32.6. The van der Waals surface area contributed by atoms with Crippen molar-refractivity contribution in [2.45, 2.75) is 257 Å². The molecule has 388 valence electrons. The summed E-state index contributed by atoms with van der Waals surface area (Å²) in [5, 5.41) is 9.67. The van der Waals surface area contributed by atoms with Gasteiger partial charge in [-0.15, -0.1) is 0 Å². The molecule has 0 aromatic heterocycles. The molecule has 0 aliphatic rings. The second-order valence-electron chi connectivity index (χ2n) is 19.8. The van der Waals surface area contributed by atoms with Gasteiger partial charge < -0.3 is 23.8 Å². The standard InChI is InChI=1S/C59H105NO7/c1-6-8-10-12-14-16-18-20-22-24-26-27-28-29-30-32-33-35-37-39-41-43-45-47-49-57(61)66-54-55(53-65-52-51-56(59(63)64)60(3,4)5)67-58(62)50-48-46-44-42-40-38-36-34-31-25-23-21-19-17-15-13-11-9-7-2/h9,11,15,17,21,23,31,34,38,40,55-56H,6-8,10,12-14,16,18-20,22,24-30,32-33,35-37,39,41-54H2,1-5H3/p+1/b11-9-,17-15-,23-21-,34-31-,40-38-. The lowest BCUT2D eigenvalue weighted by Gasteiger charge is -2.31. The number of carboxylic acid groups (broad SMARTS) is 1. The van der Waals surface area contributed by atoms with Gasteiger partial charge in [-0.3, -0.25) is 9.59 Å². The molecule has 0 aromatic rings. The van der Waals surface area contributed by atoms with Gasteiger partial charge in [-0.25, -0.2) is 4.79 Å². The largest absolute Gasteiger partial charge is 0.477 e. The van der Waals surface area contributed by atoms with E-state index in [0.29, 0.717) is 12.8 Å². The Balaban J connectivity index is 4.20. The Bertz CT molecular complexity index is 1280. The number of esters is 2. The van der Waals surface area contributed by atoms with Crippen LogP contribution in [0.5, 0.6) is 0 Å². The van der Waals surface area contributed by atoms with E-state index in [2.05, 4.69) is 74.6 Å². The van der Waals surface area contributed by atoms with Gasteiger partial charge in [0.2, 0.25) is 0 Å². The van der Waals surface area contributed by atoms with Crippen LogP contribution in [0, 0.1) is 0 Å². The van der Waals surface area contributed by atoms with Crippen LogP contribution >= 0.6 is 0 Å². The number of quaternary nitrogens is 1. The third-order valence-electron chi connectivity index (χ3n) is 12.4. The summed E-state index contributed by atoms with van der Waals surface area (Å²) in [5.41, 5.74) is 0. The Labute approximate surface area is 413 Å². The summed E-state index contributed by atoms with van der Waals surface area (Å²) in [6, 6.07) is -0.623. The van der Waals surface area contributed by atoms with Gasteiger partial charge in [-0.2, -0.15) is 0 Å². The average molecular weight is 941 g/mol. The second-order valence-corrected chi connectivity index (χ2v) is 19.8. The fourth-order valence-corrected chi connectivity index (χ4v) is 8.18. The summed E-state index contributed by atoms with van der Waals surface area (Å²) < 4.78 is 17.4. The number of hydrogen-bond donors (Lipinski definition) is 1. The van der Waals surface area contributed by atoms with Gasteiger partial charge >= 0.3 is 17.9 Å². The smallest absolute Gasteiger partial charge is 0.362 e. The van der Waals surface area contributed by atoms with E-state index in [1.807, 2.05) is 21.1 Å². The van der Waals surface area contributed by atoms with Crippen LogP contribution in [0.15, 0.2) is 60.8 Å². The van der Waals surface area contributed by atoms with Gasteiger partial charge in [-0.1, -0.05) is 229 Å². The maximum atomic E-state index is 12.8. The molecule has 0 fully saturated rings. The molecule has 8 heteroatoms. The van der Waals surface area contributed by atoms with Crippen LogP contribution < -0.4 is 0 Å². The molecule has 0 aromatic carbocycles. The van der Waals surface area contributed by atoms with Crippen LogP contribution in [-0.2, 0) is 28.6 Å². The Kier molecular flexibility index (Phi) is 47.3. The summed E-state index contributed by atoms with van der Waals surface area (Å²) in [6.07, 6.45) is 62.9. The number of unbranched alkanes of at least 4 members (excludes halogenated alkanes) is 26. The molecule has 0 spiro atoms. The lowest BCUT2D eigenvalue weighted by atomic mass is 10.0. The van der Waals surface area contributed by atoms with Crippen molar-refractivity contribution in [3.8, 4) is 0 Å². The summed E-state index contributed by atoms with van der Waals surface area (Å²) >= 11 is 0. The minimum Gasteiger partial charge on any atom is -0.477 e. The van der Waals surface area contributed by atoms with Crippen molar-refractivity contribution in [2.75, 3.05) is 41.0 Å². The number of carbonyl (C=O) groups is 3. The molecule has 2 unspecified atom stereocenters. The molecular formula is C59H106NO7+. The van der Waals surface area contributed by atoms with Crippen molar-refractivity contribution in [2.24, 2.45) is 0 Å². The summed E-state index contributed by atoms with van der Waals surface area (Å²) in [6.45, 7) is 4.62. The van der Waals surface area contributed by atoms with E-state index in [1.54, 1.807) is 0 Å². The number of carbonyl (C=O) groups excluding carboxylic acids is 2. The first-order valence-electron chi connectivity index (χ1n) is 27.8. The van der Waals surface area contributed by atoms with E-state index >= 15 is 0 Å². The molecule has 67 heavy (non-hydrogen) atoms. The molecule has 0 amide bonds. The summed E-state index contributed by atoms with van der Waals surface area (Å²) in [5.74, 6) is -1.50. The van der Waals surface area contributed by atoms with Crippen molar-refractivity contribution in [3.63, 3.8) is 0 Å². The molecule has 0 rings (SSSR count). The minimum absolute atomic E-state index is 0.0477. The van der Waals surface area contributed by atoms with Crippen molar-refractivity contribution < 1.29 is 38.2 Å². The van der Waals surface area contributed by atoms with Crippen molar-refractivity contribution in [3.05, 3.63) is 60.8 Å². The topological polar surface area (TPSA) is 99.1 Å². The molecule has 2 atom stereocenters. The second kappa shape index (κ2) is 49.5. The highest BCUT2D eigenvalue weighted by Crippen LogP contribution is 2.17. The van der Waals surface area contributed by atoms with Crippen LogP contribution in [0.2, 0.25) is 0 Å². The highest BCUT2D eigenvalue weighted by atomic mass is 16.6. The molecule has 8 nitrogen and oxygen atoms in total. The molecule has 1 N–H and O–H groups in total. The Morgan fingerprint density at radius 2 is 0.836 bits per heavy atom.